The SMILES string of the molecule is Cc1ccc(C)c(-c2c(C=O)cnn2C)c1. The van der Waals surface area contributed by atoms with Crippen LogP contribution in [0.3, 0.4) is 0 Å². The topological polar surface area (TPSA) is 34.9 Å². The Kier molecular flexibility index (Phi) is 2.60. The van der Waals surface area contributed by atoms with Crippen LogP contribution in [0.25, 0.3) is 11.3 Å². The van der Waals surface area contributed by atoms with Gasteiger partial charge in [0.15, 0.2) is 6.29 Å². The molecule has 0 unspecified atom stereocenters. The molecule has 82 valence electrons. The van der Waals surface area contributed by atoms with Crippen molar-refractivity contribution in [3.8, 4) is 11.3 Å². The van der Waals surface area contributed by atoms with Crippen LogP contribution in [0.4, 0.5) is 0 Å². The standard InChI is InChI=1S/C13H14N2O/c1-9-4-5-10(2)12(6-9)13-11(8-16)7-14-15(13)3/h4-8H,1-3H3. The lowest BCUT2D eigenvalue weighted by molar-refractivity contribution is 0.112. The molecule has 0 aliphatic heterocycles. The highest BCUT2D eigenvalue weighted by Gasteiger charge is 2.12. The Balaban J connectivity index is 2.70. The van der Waals surface area contributed by atoms with E-state index in [0.29, 0.717) is 5.56 Å². The lowest BCUT2D eigenvalue weighted by Gasteiger charge is -2.08. The van der Waals surface area contributed by atoms with Crippen molar-refractivity contribution in [1.82, 2.24) is 9.78 Å². The van der Waals surface area contributed by atoms with Gasteiger partial charge >= 0.3 is 0 Å². The molecule has 0 saturated carbocycles. The molecule has 3 heteroatoms. The van der Waals surface area contributed by atoms with Crippen LogP contribution in [-0.2, 0) is 7.05 Å². The summed E-state index contributed by atoms with van der Waals surface area (Å²) in [5, 5.41) is 4.12. The van der Waals surface area contributed by atoms with Gasteiger partial charge in [0, 0.05) is 12.6 Å². The van der Waals surface area contributed by atoms with Crippen LogP contribution in [0.2, 0.25) is 0 Å². The first-order valence-electron chi connectivity index (χ1n) is 5.18. The van der Waals surface area contributed by atoms with Gasteiger partial charge < -0.3 is 0 Å². The molecule has 0 fully saturated rings. The van der Waals surface area contributed by atoms with Crippen molar-refractivity contribution < 1.29 is 4.79 Å². The van der Waals surface area contributed by atoms with Gasteiger partial charge in [0.2, 0.25) is 0 Å². The largest absolute Gasteiger partial charge is 0.298 e. The summed E-state index contributed by atoms with van der Waals surface area (Å²) in [4.78, 5) is 11.0. The molecule has 0 saturated heterocycles. The molecule has 0 aliphatic rings. The fourth-order valence-corrected chi connectivity index (χ4v) is 1.86. The molecule has 0 bridgehead atoms. The number of aromatic nitrogens is 2. The molecule has 0 atom stereocenters. The van der Waals surface area contributed by atoms with E-state index in [2.05, 4.69) is 23.3 Å². The zero-order valence-corrected chi connectivity index (χ0v) is 9.69. The summed E-state index contributed by atoms with van der Waals surface area (Å²) in [5.74, 6) is 0. The lowest BCUT2D eigenvalue weighted by Crippen LogP contribution is -1.97. The highest BCUT2D eigenvalue weighted by Crippen LogP contribution is 2.26. The third kappa shape index (κ3) is 1.65. The zero-order valence-electron chi connectivity index (χ0n) is 9.69. The summed E-state index contributed by atoms with van der Waals surface area (Å²) in [6.45, 7) is 4.08. The molecule has 16 heavy (non-hydrogen) atoms. The number of benzene rings is 1. The quantitative estimate of drug-likeness (QED) is 0.720. The highest BCUT2D eigenvalue weighted by molar-refractivity contribution is 5.86. The van der Waals surface area contributed by atoms with E-state index in [0.717, 1.165) is 23.1 Å². The molecule has 1 aromatic heterocycles. The summed E-state index contributed by atoms with van der Waals surface area (Å²) in [7, 11) is 1.85. The van der Waals surface area contributed by atoms with Gasteiger partial charge in [-0.3, -0.25) is 9.48 Å². The Morgan fingerprint density at radius 3 is 2.75 bits per heavy atom. The molecule has 0 amide bonds. The second kappa shape index (κ2) is 3.93. The number of nitrogens with zero attached hydrogens (tertiary/aromatic N) is 2. The predicted octanol–water partition coefficient (Wildman–Crippen LogP) is 2.52. The third-order valence-corrected chi connectivity index (χ3v) is 2.74. The van der Waals surface area contributed by atoms with E-state index >= 15 is 0 Å². The summed E-state index contributed by atoms with van der Waals surface area (Å²) in [6, 6.07) is 6.21. The van der Waals surface area contributed by atoms with Gasteiger partial charge in [0.05, 0.1) is 17.5 Å². The first-order chi connectivity index (χ1) is 7.63. The minimum Gasteiger partial charge on any atom is -0.298 e. The number of aryl methyl sites for hydroxylation is 3. The number of aldehydes is 1. The predicted molar refractivity (Wildman–Crippen MR) is 63.5 cm³/mol. The third-order valence-electron chi connectivity index (χ3n) is 2.74. The lowest BCUT2D eigenvalue weighted by atomic mass is 10.0. The Hall–Kier alpha value is -1.90. The van der Waals surface area contributed by atoms with Crippen LogP contribution in [0.15, 0.2) is 24.4 Å². The van der Waals surface area contributed by atoms with Gasteiger partial charge in [-0.05, 0) is 25.5 Å². The summed E-state index contributed by atoms with van der Waals surface area (Å²) < 4.78 is 1.74. The van der Waals surface area contributed by atoms with Crippen LogP contribution in [0, 0.1) is 13.8 Å². The Labute approximate surface area is 94.7 Å². The normalized spacial score (nSPS) is 10.4. The second-order valence-corrected chi connectivity index (χ2v) is 4.01. The van der Waals surface area contributed by atoms with Gasteiger partial charge in [-0.1, -0.05) is 17.7 Å². The van der Waals surface area contributed by atoms with Crippen LogP contribution in [0.5, 0.6) is 0 Å². The maximum atomic E-state index is 11.0. The first-order valence-corrected chi connectivity index (χ1v) is 5.18. The molecular weight excluding hydrogens is 200 g/mol. The van der Waals surface area contributed by atoms with Crippen LogP contribution < -0.4 is 0 Å². The zero-order chi connectivity index (χ0) is 11.7. The van der Waals surface area contributed by atoms with Crippen LogP contribution in [-0.4, -0.2) is 16.1 Å². The van der Waals surface area contributed by atoms with Crippen molar-refractivity contribution in [2.75, 3.05) is 0 Å². The van der Waals surface area contributed by atoms with Crippen molar-refractivity contribution >= 4 is 6.29 Å². The molecule has 1 heterocycles. The molecule has 2 rings (SSSR count). The average molecular weight is 214 g/mol. The molecule has 0 aliphatic carbocycles. The van der Waals surface area contributed by atoms with E-state index in [1.807, 2.05) is 20.9 Å². The fraction of sp³-hybridized carbons (Fsp3) is 0.231. The van der Waals surface area contributed by atoms with Gasteiger partial charge in [-0.25, -0.2) is 0 Å². The highest BCUT2D eigenvalue weighted by atomic mass is 16.1. The molecule has 3 nitrogen and oxygen atoms in total. The Morgan fingerprint density at radius 1 is 1.31 bits per heavy atom. The molecular formula is C13H14N2O. The fourth-order valence-electron chi connectivity index (χ4n) is 1.86. The van der Waals surface area contributed by atoms with E-state index in [4.69, 9.17) is 0 Å². The monoisotopic (exact) mass is 214 g/mol. The van der Waals surface area contributed by atoms with Crippen LogP contribution in [0.1, 0.15) is 21.5 Å². The van der Waals surface area contributed by atoms with Gasteiger partial charge in [0.1, 0.15) is 0 Å². The van der Waals surface area contributed by atoms with Gasteiger partial charge in [0.25, 0.3) is 0 Å². The van der Waals surface area contributed by atoms with E-state index in [9.17, 15) is 4.79 Å². The van der Waals surface area contributed by atoms with Crippen molar-refractivity contribution in [2.45, 2.75) is 13.8 Å². The van der Waals surface area contributed by atoms with Crippen molar-refractivity contribution in [3.05, 3.63) is 41.1 Å². The number of rotatable bonds is 2. The minimum absolute atomic E-state index is 0.635. The maximum Gasteiger partial charge on any atom is 0.153 e. The number of hydrogen-bond acceptors (Lipinski definition) is 2. The second-order valence-electron chi connectivity index (χ2n) is 4.01. The summed E-state index contributed by atoms with van der Waals surface area (Å²) in [6.07, 6.45) is 2.45. The smallest absolute Gasteiger partial charge is 0.153 e. The van der Waals surface area contributed by atoms with Crippen molar-refractivity contribution in [2.24, 2.45) is 7.05 Å². The van der Waals surface area contributed by atoms with E-state index in [1.54, 1.807) is 10.9 Å². The van der Waals surface area contributed by atoms with Crippen molar-refractivity contribution in [3.63, 3.8) is 0 Å². The molecule has 2 aromatic rings. The van der Waals surface area contributed by atoms with Gasteiger partial charge in [-0.2, -0.15) is 5.10 Å². The van der Waals surface area contributed by atoms with E-state index < -0.39 is 0 Å². The summed E-state index contributed by atoms with van der Waals surface area (Å²) >= 11 is 0. The van der Waals surface area contributed by atoms with E-state index in [-0.39, 0.29) is 0 Å². The summed E-state index contributed by atoms with van der Waals surface area (Å²) in [5.41, 5.74) is 4.92. The maximum absolute atomic E-state index is 11.0. The molecule has 0 radical (unpaired) electrons. The Morgan fingerprint density at radius 2 is 2.06 bits per heavy atom. The minimum atomic E-state index is 0.635. The molecule has 0 N–H and O–H groups in total. The number of carbonyl (C=O) groups is 1. The number of carbonyl (C=O) groups excluding carboxylic acids is 1. The molecule has 0 spiro atoms. The Bertz CT molecular complexity index is 541. The van der Waals surface area contributed by atoms with Gasteiger partial charge in [-0.15, -0.1) is 0 Å². The average Bonchev–Trinajstić information content (AvgIpc) is 2.63. The number of hydrogen-bond donors (Lipinski definition) is 0. The van der Waals surface area contributed by atoms with Crippen molar-refractivity contribution in [1.29, 1.82) is 0 Å². The molecule has 1 aromatic carbocycles. The van der Waals surface area contributed by atoms with Crippen LogP contribution >= 0.6 is 0 Å². The first kappa shape index (κ1) is 10.6. The van der Waals surface area contributed by atoms with E-state index in [1.165, 1.54) is 5.56 Å².